The second-order valence-corrected chi connectivity index (χ2v) is 5.41. The van der Waals surface area contributed by atoms with Crippen molar-refractivity contribution in [2.45, 2.75) is 6.92 Å². The maximum absolute atomic E-state index is 13.6. The van der Waals surface area contributed by atoms with E-state index in [1.165, 1.54) is 12.1 Å². The largest absolute Gasteiger partial charge is 0.325 e. The first-order valence-electron chi connectivity index (χ1n) is 8.02. The summed E-state index contributed by atoms with van der Waals surface area (Å²) in [6.07, 6.45) is 0. The summed E-state index contributed by atoms with van der Waals surface area (Å²) < 4.78 is 27.3. The lowest BCUT2D eigenvalue weighted by Gasteiger charge is -2.21. The van der Waals surface area contributed by atoms with Crippen LogP contribution < -0.4 is 10.2 Å². The number of halogens is 2. The number of hydrogen-bond acceptors (Lipinski definition) is 4. The molecule has 0 aliphatic rings. The summed E-state index contributed by atoms with van der Waals surface area (Å²) >= 11 is 0. The SMILES string of the molecule is CCN(c1ccccc1)c1ccc(C(=O)Nc2c(F)cccc2F)nn1. The van der Waals surface area contributed by atoms with Crippen molar-refractivity contribution in [3.8, 4) is 0 Å². The molecular formula is C19H16F2N4O. The van der Waals surface area contributed by atoms with Crippen LogP contribution >= 0.6 is 0 Å². The molecule has 1 aromatic heterocycles. The molecule has 1 amide bonds. The second-order valence-electron chi connectivity index (χ2n) is 5.41. The van der Waals surface area contributed by atoms with Crippen LogP contribution in [0, 0.1) is 11.6 Å². The van der Waals surface area contributed by atoms with Crippen LogP contribution in [0.2, 0.25) is 0 Å². The number of amides is 1. The van der Waals surface area contributed by atoms with Crippen LogP contribution in [0.1, 0.15) is 17.4 Å². The lowest BCUT2D eigenvalue weighted by molar-refractivity contribution is 0.102. The molecule has 0 bridgehead atoms. The van der Waals surface area contributed by atoms with E-state index in [9.17, 15) is 13.6 Å². The van der Waals surface area contributed by atoms with E-state index in [0.717, 1.165) is 17.8 Å². The number of para-hydroxylation sites is 2. The van der Waals surface area contributed by atoms with E-state index in [4.69, 9.17) is 0 Å². The van der Waals surface area contributed by atoms with Crippen molar-refractivity contribution < 1.29 is 13.6 Å². The number of benzene rings is 2. The van der Waals surface area contributed by atoms with Gasteiger partial charge in [0.15, 0.2) is 11.5 Å². The number of rotatable bonds is 5. The van der Waals surface area contributed by atoms with Crippen LogP contribution in [0.25, 0.3) is 0 Å². The number of aromatic nitrogens is 2. The lowest BCUT2D eigenvalue weighted by Crippen LogP contribution is -2.20. The molecule has 2 aromatic carbocycles. The van der Waals surface area contributed by atoms with Gasteiger partial charge in [-0.1, -0.05) is 24.3 Å². The minimum absolute atomic E-state index is 0.0412. The Labute approximate surface area is 149 Å². The zero-order chi connectivity index (χ0) is 18.5. The summed E-state index contributed by atoms with van der Waals surface area (Å²) in [7, 11) is 0. The molecule has 3 rings (SSSR count). The van der Waals surface area contributed by atoms with Crippen LogP contribution in [-0.2, 0) is 0 Å². The van der Waals surface area contributed by atoms with E-state index < -0.39 is 23.2 Å². The summed E-state index contributed by atoms with van der Waals surface area (Å²) in [6, 6.07) is 16.1. The van der Waals surface area contributed by atoms with Gasteiger partial charge >= 0.3 is 0 Å². The van der Waals surface area contributed by atoms with Crippen LogP contribution in [0.15, 0.2) is 60.7 Å². The molecule has 0 aliphatic carbocycles. The van der Waals surface area contributed by atoms with E-state index in [1.807, 2.05) is 42.2 Å². The fourth-order valence-corrected chi connectivity index (χ4v) is 2.47. The summed E-state index contributed by atoms with van der Waals surface area (Å²) in [5.74, 6) is -1.89. The van der Waals surface area contributed by atoms with E-state index in [2.05, 4.69) is 15.5 Å². The zero-order valence-corrected chi connectivity index (χ0v) is 14.0. The fourth-order valence-electron chi connectivity index (χ4n) is 2.47. The standard InChI is InChI=1S/C19H16F2N4O/c1-2-25(13-7-4-3-5-8-13)17-12-11-16(23-24-17)19(26)22-18-14(20)9-6-10-15(18)21/h3-12H,2H2,1H3,(H,22,26). The molecule has 0 saturated carbocycles. The highest BCUT2D eigenvalue weighted by Gasteiger charge is 2.16. The first-order valence-corrected chi connectivity index (χ1v) is 8.02. The molecule has 5 nitrogen and oxygen atoms in total. The topological polar surface area (TPSA) is 58.1 Å². The first-order chi connectivity index (χ1) is 12.6. The highest BCUT2D eigenvalue weighted by atomic mass is 19.1. The molecule has 0 spiro atoms. The van der Waals surface area contributed by atoms with Gasteiger partial charge in [0.2, 0.25) is 0 Å². The summed E-state index contributed by atoms with van der Waals surface area (Å²) in [5, 5.41) is 10.1. The Bertz CT molecular complexity index is 881. The Balaban J connectivity index is 1.80. The number of carbonyl (C=O) groups is 1. The highest BCUT2D eigenvalue weighted by molar-refractivity contribution is 6.02. The Hall–Kier alpha value is -3.35. The van der Waals surface area contributed by atoms with E-state index >= 15 is 0 Å². The van der Waals surface area contributed by atoms with Crippen LogP contribution in [-0.4, -0.2) is 22.6 Å². The third-order valence-corrected chi connectivity index (χ3v) is 3.75. The first kappa shape index (κ1) is 17.5. The highest BCUT2D eigenvalue weighted by Crippen LogP contribution is 2.23. The molecule has 0 fully saturated rings. The summed E-state index contributed by atoms with van der Waals surface area (Å²) in [4.78, 5) is 14.1. The normalized spacial score (nSPS) is 10.4. The summed E-state index contributed by atoms with van der Waals surface area (Å²) in [6.45, 7) is 2.63. The van der Waals surface area contributed by atoms with Crippen molar-refractivity contribution in [2.24, 2.45) is 0 Å². The molecule has 0 aliphatic heterocycles. The summed E-state index contributed by atoms with van der Waals surface area (Å²) in [5.41, 5.74) is 0.387. The van der Waals surface area contributed by atoms with Crippen LogP contribution in [0.3, 0.4) is 0 Å². The average molecular weight is 354 g/mol. The van der Waals surface area contributed by atoms with Gasteiger partial charge in [-0.3, -0.25) is 4.79 Å². The van der Waals surface area contributed by atoms with Gasteiger partial charge < -0.3 is 10.2 Å². The molecule has 0 radical (unpaired) electrons. The molecule has 26 heavy (non-hydrogen) atoms. The fraction of sp³-hybridized carbons (Fsp3) is 0.105. The van der Waals surface area contributed by atoms with Gasteiger partial charge in [0, 0.05) is 12.2 Å². The third-order valence-electron chi connectivity index (χ3n) is 3.75. The molecule has 132 valence electrons. The van der Waals surface area contributed by atoms with Gasteiger partial charge in [0.05, 0.1) is 0 Å². The predicted molar refractivity (Wildman–Crippen MR) is 95.5 cm³/mol. The number of carbonyl (C=O) groups excluding carboxylic acids is 1. The number of nitrogens with one attached hydrogen (secondary N) is 1. The Morgan fingerprint density at radius 1 is 0.962 bits per heavy atom. The van der Waals surface area contributed by atoms with Crippen LogP contribution in [0.5, 0.6) is 0 Å². The molecule has 0 saturated heterocycles. The van der Waals surface area contributed by atoms with Crippen molar-refractivity contribution in [3.05, 3.63) is 78.0 Å². The van der Waals surface area contributed by atoms with Crippen molar-refractivity contribution in [1.29, 1.82) is 0 Å². The van der Waals surface area contributed by atoms with Gasteiger partial charge in [-0.05, 0) is 43.3 Å². The lowest BCUT2D eigenvalue weighted by atomic mass is 10.2. The Kier molecular flexibility index (Phi) is 5.17. The number of nitrogens with zero attached hydrogens (tertiary/aromatic N) is 3. The van der Waals surface area contributed by atoms with Gasteiger partial charge in [-0.25, -0.2) is 8.78 Å². The van der Waals surface area contributed by atoms with E-state index in [0.29, 0.717) is 12.4 Å². The molecule has 1 heterocycles. The van der Waals surface area contributed by atoms with E-state index in [-0.39, 0.29) is 5.69 Å². The monoisotopic (exact) mass is 354 g/mol. The zero-order valence-electron chi connectivity index (χ0n) is 14.0. The predicted octanol–water partition coefficient (Wildman–Crippen LogP) is 4.17. The number of anilines is 3. The Morgan fingerprint density at radius 3 is 2.23 bits per heavy atom. The molecule has 1 N–H and O–H groups in total. The van der Waals surface area contributed by atoms with Crippen molar-refractivity contribution in [1.82, 2.24) is 10.2 Å². The molecular weight excluding hydrogens is 338 g/mol. The van der Waals surface area contributed by atoms with Gasteiger partial charge in [-0.15, -0.1) is 10.2 Å². The third kappa shape index (κ3) is 3.66. The molecule has 3 aromatic rings. The second kappa shape index (κ2) is 7.69. The number of hydrogen-bond donors (Lipinski definition) is 1. The Morgan fingerprint density at radius 2 is 1.65 bits per heavy atom. The van der Waals surface area contributed by atoms with E-state index in [1.54, 1.807) is 6.07 Å². The molecule has 7 heteroatoms. The minimum Gasteiger partial charge on any atom is -0.325 e. The smallest absolute Gasteiger partial charge is 0.276 e. The van der Waals surface area contributed by atoms with Crippen molar-refractivity contribution in [3.63, 3.8) is 0 Å². The maximum Gasteiger partial charge on any atom is 0.276 e. The van der Waals surface area contributed by atoms with Gasteiger partial charge in [0.25, 0.3) is 5.91 Å². The maximum atomic E-state index is 13.6. The van der Waals surface area contributed by atoms with Crippen molar-refractivity contribution >= 4 is 23.1 Å². The van der Waals surface area contributed by atoms with Gasteiger partial charge in [-0.2, -0.15) is 0 Å². The van der Waals surface area contributed by atoms with Crippen LogP contribution in [0.4, 0.5) is 26.0 Å². The molecule has 0 unspecified atom stereocenters. The average Bonchev–Trinajstić information content (AvgIpc) is 2.67. The van der Waals surface area contributed by atoms with Crippen molar-refractivity contribution in [2.75, 3.05) is 16.8 Å². The quantitative estimate of drug-likeness (QED) is 0.747. The molecule has 0 atom stereocenters. The van der Waals surface area contributed by atoms with Gasteiger partial charge in [0.1, 0.15) is 17.3 Å². The minimum atomic E-state index is -0.857.